The van der Waals surface area contributed by atoms with Gasteiger partial charge in [0.05, 0.1) is 18.2 Å². The molecule has 0 spiro atoms. The minimum absolute atomic E-state index is 0.0443. The number of para-hydroxylation sites is 1. The second kappa shape index (κ2) is 9.47. The summed E-state index contributed by atoms with van der Waals surface area (Å²) in [5.41, 5.74) is 1.11. The number of rotatable bonds is 5. The van der Waals surface area contributed by atoms with Gasteiger partial charge in [-0.3, -0.25) is 9.59 Å². The van der Waals surface area contributed by atoms with Crippen LogP contribution in [0.3, 0.4) is 0 Å². The molecule has 1 aliphatic rings. The molecule has 35 heavy (non-hydrogen) atoms. The number of carbonyl (C=O) groups excluding carboxylic acids is 2. The van der Waals surface area contributed by atoms with Gasteiger partial charge in [-0.1, -0.05) is 54.1 Å². The zero-order chi connectivity index (χ0) is 25.3. The summed E-state index contributed by atoms with van der Waals surface area (Å²) in [7, 11) is 0. The quantitative estimate of drug-likeness (QED) is 0.266. The number of hydrogen-bond donors (Lipinski definition) is 2. The Morgan fingerprint density at radius 3 is 2.34 bits per heavy atom. The summed E-state index contributed by atoms with van der Waals surface area (Å²) in [5.74, 6) is -1.21. The number of phenols is 1. The van der Waals surface area contributed by atoms with Crippen LogP contribution < -0.4 is 4.74 Å². The van der Waals surface area contributed by atoms with E-state index in [1.165, 1.54) is 23.1 Å². The van der Waals surface area contributed by atoms with Crippen LogP contribution in [-0.4, -0.2) is 32.4 Å². The number of hydrogen-bond acceptors (Lipinski definition) is 5. The lowest BCUT2D eigenvalue weighted by Gasteiger charge is -2.28. The molecule has 1 heterocycles. The maximum Gasteiger partial charge on any atom is 0.295 e. The van der Waals surface area contributed by atoms with Gasteiger partial charge >= 0.3 is 0 Å². The third-order valence-electron chi connectivity index (χ3n) is 5.58. The second-order valence-corrected chi connectivity index (χ2v) is 9.79. The van der Waals surface area contributed by atoms with Gasteiger partial charge in [0.1, 0.15) is 22.9 Å². The largest absolute Gasteiger partial charge is 0.508 e. The molecular formula is C28H26ClNO5. The van der Waals surface area contributed by atoms with E-state index >= 15 is 0 Å². The fraction of sp³-hybridized carbons (Fsp3) is 0.214. The van der Waals surface area contributed by atoms with Crippen LogP contribution >= 0.6 is 11.6 Å². The van der Waals surface area contributed by atoms with Crippen molar-refractivity contribution in [1.29, 1.82) is 0 Å². The van der Waals surface area contributed by atoms with Crippen molar-refractivity contribution < 1.29 is 24.5 Å². The predicted molar refractivity (Wildman–Crippen MR) is 134 cm³/mol. The molecule has 1 unspecified atom stereocenters. The molecule has 0 bridgehead atoms. The Labute approximate surface area is 209 Å². The molecule has 4 rings (SSSR count). The summed E-state index contributed by atoms with van der Waals surface area (Å²) in [6.07, 6.45) is 0. The van der Waals surface area contributed by atoms with Gasteiger partial charge in [0.2, 0.25) is 0 Å². The highest BCUT2D eigenvalue weighted by Crippen LogP contribution is 2.41. The number of halogens is 1. The van der Waals surface area contributed by atoms with Gasteiger partial charge in [0.25, 0.3) is 11.7 Å². The predicted octanol–water partition coefficient (Wildman–Crippen LogP) is 5.84. The molecule has 0 radical (unpaired) electrons. The number of aliphatic hydroxyl groups excluding tert-OH is 1. The lowest BCUT2D eigenvalue weighted by molar-refractivity contribution is -0.140. The zero-order valence-corrected chi connectivity index (χ0v) is 20.4. The highest BCUT2D eigenvalue weighted by Gasteiger charge is 2.46. The lowest BCUT2D eigenvalue weighted by Crippen LogP contribution is -2.30. The SMILES string of the molecule is CC(C)(C)Oc1ccccc1CN1C(=O)C(=O)/C(=C(/O)c2cccc(Cl)c2)C1c1ccc(O)cc1. The van der Waals surface area contributed by atoms with E-state index in [1.807, 2.05) is 45.0 Å². The summed E-state index contributed by atoms with van der Waals surface area (Å²) >= 11 is 6.10. The Bertz CT molecular complexity index is 1310. The molecule has 1 amide bonds. The van der Waals surface area contributed by atoms with Gasteiger partial charge in [-0.2, -0.15) is 0 Å². The number of benzene rings is 3. The fourth-order valence-corrected chi connectivity index (χ4v) is 4.28. The molecule has 1 saturated heterocycles. The molecule has 2 N–H and O–H groups in total. The molecule has 7 heteroatoms. The van der Waals surface area contributed by atoms with E-state index in [1.54, 1.807) is 30.3 Å². The van der Waals surface area contributed by atoms with Crippen LogP contribution in [0.25, 0.3) is 5.76 Å². The van der Waals surface area contributed by atoms with Crippen LogP contribution in [0.1, 0.15) is 43.5 Å². The van der Waals surface area contributed by atoms with Gasteiger partial charge in [-0.25, -0.2) is 0 Å². The molecule has 3 aromatic rings. The fourth-order valence-electron chi connectivity index (χ4n) is 4.08. The molecule has 6 nitrogen and oxygen atoms in total. The van der Waals surface area contributed by atoms with Crippen LogP contribution in [0.15, 0.2) is 78.4 Å². The Morgan fingerprint density at radius 1 is 1.00 bits per heavy atom. The third-order valence-corrected chi connectivity index (χ3v) is 5.81. The first-order valence-electron chi connectivity index (χ1n) is 11.2. The van der Waals surface area contributed by atoms with Crippen LogP contribution in [0.2, 0.25) is 5.02 Å². The number of nitrogens with zero attached hydrogens (tertiary/aromatic N) is 1. The first-order valence-corrected chi connectivity index (χ1v) is 11.5. The minimum Gasteiger partial charge on any atom is -0.508 e. The van der Waals surface area contributed by atoms with Crippen LogP contribution in [0.5, 0.6) is 11.5 Å². The van der Waals surface area contributed by atoms with Crippen LogP contribution in [-0.2, 0) is 16.1 Å². The maximum absolute atomic E-state index is 13.3. The number of Topliss-reactive ketones (excluding diaryl/α,β-unsaturated/α-hetero) is 1. The molecule has 0 aliphatic carbocycles. The first-order chi connectivity index (χ1) is 16.5. The molecule has 0 aromatic heterocycles. The van der Waals surface area contributed by atoms with Gasteiger partial charge in [0.15, 0.2) is 0 Å². The Hall–Kier alpha value is -3.77. The number of phenolic OH excluding ortho intramolecular Hbond substituents is 1. The third kappa shape index (κ3) is 5.17. The van der Waals surface area contributed by atoms with E-state index in [4.69, 9.17) is 16.3 Å². The average molecular weight is 492 g/mol. The first kappa shape index (κ1) is 24.4. The second-order valence-electron chi connectivity index (χ2n) is 9.35. The van der Waals surface area contributed by atoms with E-state index < -0.39 is 23.3 Å². The normalized spacial score (nSPS) is 17.6. The number of ketones is 1. The average Bonchev–Trinajstić information content (AvgIpc) is 3.04. The number of carbonyl (C=O) groups is 2. The lowest BCUT2D eigenvalue weighted by atomic mass is 9.95. The van der Waals surface area contributed by atoms with Gasteiger partial charge in [-0.05, 0) is 56.7 Å². The van der Waals surface area contributed by atoms with Crippen LogP contribution in [0, 0.1) is 0 Å². The van der Waals surface area contributed by atoms with Crippen molar-refractivity contribution >= 4 is 29.1 Å². The van der Waals surface area contributed by atoms with Crippen molar-refractivity contribution in [3.05, 3.63) is 100 Å². The van der Waals surface area contributed by atoms with Crippen LogP contribution in [0.4, 0.5) is 0 Å². The van der Waals surface area contributed by atoms with Crippen molar-refractivity contribution in [3.63, 3.8) is 0 Å². The smallest absolute Gasteiger partial charge is 0.295 e. The van der Waals surface area contributed by atoms with Gasteiger partial charge in [0, 0.05) is 16.1 Å². The molecule has 0 saturated carbocycles. The standard InChI is InChI=1S/C28H26ClNO5/c1-28(2,3)35-22-10-5-4-7-19(22)16-30-24(17-11-13-21(31)14-12-17)23(26(33)27(30)34)25(32)18-8-6-9-20(29)15-18/h4-15,24,31-32H,16H2,1-3H3/b25-23+. The highest BCUT2D eigenvalue weighted by molar-refractivity contribution is 6.46. The number of amides is 1. The Morgan fingerprint density at radius 2 is 1.69 bits per heavy atom. The molecule has 3 aromatic carbocycles. The van der Waals surface area contributed by atoms with Gasteiger partial charge in [-0.15, -0.1) is 0 Å². The number of aliphatic hydroxyl groups is 1. The topological polar surface area (TPSA) is 87.1 Å². The summed E-state index contributed by atoms with van der Waals surface area (Å²) in [4.78, 5) is 27.9. The summed E-state index contributed by atoms with van der Waals surface area (Å²) in [6.45, 7) is 5.86. The Kier molecular flexibility index (Phi) is 6.59. The summed E-state index contributed by atoms with van der Waals surface area (Å²) < 4.78 is 6.09. The van der Waals surface area contributed by atoms with E-state index in [2.05, 4.69) is 0 Å². The summed E-state index contributed by atoms with van der Waals surface area (Å²) in [5, 5.41) is 21.3. The molecular weight excluding hydrogens is 466 g/mol. The zero-order valence-electron chi connectivity index (χ0n) is 19.7. The molecule has 1 aliphatic heterocycles. The van der Waals surface area contributed by atoms with Gasteiger partial charge < -0.3 is 19.8 Å². The number of ether oxygens (including phenoxy) is 1. The van der Waals surface area contributed by atoms with E-state index in [0.717, 1.165) is 5.56 Å². The highest BCUT2D eigenvalue weighted by atomic mass is 35.5. The van der Waals surface area contributed by atoms with Crippen molar-refractivity contribution in [2.24, 2.45) is 0 Å². The summed E-state index contributed by atoms with van der Waals surface area (Å²) in [6, 6.07) is 19.1. The van der Waals surface area contributed by atoms with Crippen molar-refractivity contribution in [2.45, 2.75) is 39.0 Å². The monoisotopic (exact) mass is 491 g/mol. The van der Waals surface area contributed by atoms with Crippen molar-refractivity contribution in [3.8, 4) is 11.5 Å². The molecule has 1 fully saturated rings. The van der Waals surface area contributed by atoms with Crippen molar-refractivity contribution in [1.82, 2.24) is 4.90 Å². The maximum atomic E-state index is 13.3. The van der Waals surface area contributed by atoms with E-state index in [9.17, 15) is 19.8 Å². The van der Waals surface area contributed by atoms with Crippen molar-refractivity contribution in [2.75, 3.05) is 0 Å². The number of likely N-dealkylation sites (tertiary alicyclic amines) is 1. The minimum atomic E-state index is -0.878. The molecule has 1 atom stereocenters. The number of aromatic hydroxyl groups is 1. The molecule has 180 valence electrons. The van der Waals surface area contributed by atoms with E-state index in [0.29, 0.717) is 21.9 Å². The Balaban J connectivity index is 1.84. The van der Waals surface area contributed by atoms with E-state index in [-0.39, 0.29) is 23.6 Å².